The Kier molecular flexibility index (Phi) is 4.76. The molecule has 1 aromatic rings. The summed E-state index contributed by atoms with van der Waals surface area (Å²) in [6.07, 6.45) is 4.10. The van der Waals surface area contributed by atoms with Gasteiger partial charge in [-0.1, -0.05) is 0 Å². The lowest BCUT2D eigenvalue weighted by molar-refractivity contribution is 0.0768. The van der Waals surface area contributed by atoms with Crippen molar-refractivity contribution in [2.45, 2.75) is 19.3 Å². The molecule has 3 rings (SSSR count). The average Bonchev–Trinajstić information content (AvgIpc) is 3.16. The summed E-state index contributed by atoms with van der Waals surface area (Å²) in [4.78, 5) is 18.6. The number of hydrogen-bond donors (Lipinski definition) is 0. The van der Waals surface area contributed by atoms with Gasteiger partial charge in [-0.3, -0.25) is 9.78 Å². The van der Waals surface area contributed by atoms with E-state index in [9.17, 15) is 13.2 Å². The van der Waals surface area contributed by atoms with E-state index in [1.807, 2.05) is 0 Å². The highest BCUT2D eigenvalue weighted by Gasteiger charge is 2.33. The smallest absolute Gasteiger partial charge is 0.282 e. The molecule has 0 unspecified atom stereocenters. The molecule has 7 nitrogen and oxygen atoms in total. The van der Waals surface area contributed by atoms with Gasteiger partial charge in [-0.25, -0.2) is 0 Å². The van der Waals surface area contributed by atoms with E-state index in [1.54, 1.807) is 20.9 Å². The molecule has 0 aromatic carbocycles. The van der Waals surface area contributed by atoms with Gasteiger partial charge in [0.05, 0.1) is 11.7 Å². The van der Waals surface area contributed by atoms with Crippen LogP contribution in [0.5, 0.6) is 0 Å². The van der Waals surface area contributed by atoms with Gasteiger partial charge in [0.25, 0.3) is 16.1 Å². The number of hydrogen-bond acceptors (Lipinski definition) is 5. The van der Waals surface area contributed by atoms with Crippen LogP contribution in [0, 0.1) is 0 Å². The zero-order chi connectivity index (χ0) is 15.6. The fourth-order valence-electron chi connectivity index (χ4n) is 2.89. The van der Waals surface area contributed by atoms with Crippen molar-refractivity contribution in [3.63, 3.8) is 0 Å². The summed E-state index contributed by atoms with van der Waals surface area (Å²) >= 11 is 1.32. The van der Waals surface area contributed by atoms with E-state index in [1.165, 1.54) is 15.6 Å². The highest BCUT2D eigenvalue weighted by atomic mass is 32.2. The molecular formula is C13H20N4O3S2. The highest BCUT2D eigenvalue weighted by molar-refractivity contribution is 7.86. The standard InChI is InChI=1S/C13H20N4O3S2/c18-13(12-10-14-11-21-12)15-4-3-7-17(9-8-15)22(19,20)16-5-1-2-6-16/h10-11H,1-9H2. The van der Waals surface area contributed by atoms with E-state index >= 15 is 0 Å². The molecule has 2 fully saturated rings. The monoisotopic (exact) mass is 344 g/mol. The third-order valence-corrected chi connectivity index (χ3v) is 6.90. The second-order valence-corrected chi connectivity index (χ2v) is 8.34. The number of thiazole rings is 1. The van der Waals surface area contributed by atoms with Crippen molar-refractivity contribution < 1.29 is 13.2 Å². The van der Waals surface area contributed by atoms with Gasteiger partial charge in [0.15, 0.2) is 0 Å². The number of carbonyl (C=O) groups is 1. The first-order valence-corrected chi connectivity index (χ1v) is 9.80. The molecular weight excluding hydrogens is 324 g/mol. The molecule has 1 aromatic heterocycles. The van der Waals surface area contributed by atoms with Crippen LogP contribution in [-0.4, -0.2) is 72.1 Å². The fourth-order valence-corrected chi connectivity index (χ4v) is 5.19. The number of aromatic nitrogens is 1. The van der Waals surface area contributed by atoms with E-state index in [0.717, 1.165) is 12.8 Å². The number of carbonyl (C=O) groups excluding carboxylic acids is 1. The molecule has 2 aliphatic heterocycles. The molecule has 2 saturated heterocycles. The quantitative estimate of drug-likeness (QED) is 0.806. The number of rotatable bonds is 3. The minimum Gasteiger partial charge on any atom is -0.337 e. The Bertz CT molecular complexity index is 611. The number of amides is 1. The largest absolute Gasteiger partial charge is 0.337 e. The lowest BCUT2D eigenvalue weighted by Gasteiger charge is -2.26. The summed E-state index contributed by atoms with van der Waals surface area (Å²) < 4.78 is 28.3. The lowest BCUT2D eigenvalue weighted by Crippen LogP contribution is -2.44. The number of nitrogens with zero attached hydrogens (tertiary/aromatic N) is 4. The Morgan fingerprint density at radius 2 is 1.68 bits per heavy atom. The zero-order valence-electron chi connectivity index (χ0n) is 12.3. The molecule has 22 heavy (non-hydrogen) atoms. The Labute approximate surface area is 134 Å². The highest BCUT2D eigenvalue weighted by Crippen LogP contribution is 2.19. The van der Waals surface area contributed by atoms with Crippen LogP contribution in [0.1, 0.15) is 28.9 Å². The maximum atomic E-state index is 12.6. The van der Waals surface area contributed by atoms with Gasteiger partial charge < -0.3 is 4.90 Å². The Hall–Kier alpha value is -1.03. The Balaban J connectivity index is 1.66. The molecule has 0 spiro atoms. The molecule has 122 valence electrons. The summed E-state index contributed by atoms with van der Waals surface area (Å²) in [5, 5.41) is 0. The summed E-state index contributed by atoms with van der Waals surface area (Å²) in [5.74, 6) is -0.0529. The first-order chi connectivity index (χ1) is 10.6. The summed E-state index contributed by atoms with van der Waals surface area (Å²) in [6.45, 7) is 3.09. The summed E-state index contributed by atoms with van der Waals surface area (Å²) in [6, 6.07) is 0. The molecule has 9 heteroatoms. The van der Waals surface area contributed by atoms with Gasteiger partial charge in [-0.2, -0.15) is 17.0 Å². The third-order valence-electron chi connectivity index (χ3n) is 4.10. The van der Waals surface area contributed by atoms with Crippen molar-refractivity contribution >= 4 is 27.5 Å². The Morgan fingerprint density at radius 1 is 1.00 bits per heavy atom. The molecule has 3 heterocycles. The predicted octanol–water partition coefficient (Wildman–Crippen LogP) is 0.632. The van der Waals surface area contributed by atoms with Crippen LogP contribution in [0.2, 0.25) is 0 Å². The van der Waals surface area contributed by atoms with Gasteiger partial charge >= 0.3 is 0 Å². The minimum absolute atomic E-state index is 0.0529. The van der Waals surface area contributed by atoms with E-state index in [-0.39, 0.29) is 5.91 Å². The molecule has 1 amide bonds. The maximum absolute atomic E-state index is 12.6. The van der Waals surface area contributed by atoms with E-state index < -0.39 is 10.2 Å². The van der Waals surface area contributed by atoms with Crippen LogP contribution >= 0.6 is 11.3 Å². The Morgan fingerprint density at radius 3 is 2.36 bits per heavy atom. The molecule has 0 N–H and O–H groups in total. The first-order valence-electron chi connectivity index (χ1n) is 7.52. The van der Waals surface area contributed by atoms with Crippen molar-refractivity contribution in [3.8, 4) is 0 Å². The van der Waals surface area contributed by atoms with E-state index in [0.29, 0.717) is 50.6 Å². The van der Waals surface area contributed by atoms with Crippen molar-refractivity contribution in [1.82, 2.24) is 18.5 Å². The fraction of sp³-hybridized carbons (Fsp3) is 0.692. The van der Waals surface area contributed by atoms with Gasteiger partial charge in [0.2, 0.25) is 0 Å². The molecule has 0 saturated carbocycles. The van der Waals surface area contributed by atoms with Crippen LogP contribution in [0.15, 0.2) is 11.7 Å². The molecule has 0 bridgehead atoms. The van der Waals surface area contributed by atoms with Gasteiger partial charge in [0, 0.05) is 39.3 Å². The average molecular weight is 344 g/mol. The van der Waals surface area contributed by atoms with Gasteiger partial charge in [-0.05, 0) is 19.3 Å². The van der Waals surface area contributed by atoms with Crippen LogP contribution in [0.3, 0.4) is 0 Å². The maximum Gasteiger partial charge on any atom is 0.282 e. The van der Waals surface area contributed by atoms with Crippen molar-refractivity contribution in [3.05, 3.63) is 16.6 Å². The molecule has 0 radical (unpaired) electrons. The molecule has 2 aliphatic rings. The molecule has 0 atom stereocenters. The lowest BCUT2D eigenvalue weighted by atomic mass is 10.3. The predicted molar refractivity (Wildman–Crippen MR) is 83.9 cm³/mol. The van der Waals surface area contributed by atoms with Crippen LogP contribution in [0.4, 0.5) is 0 Å². The summed E-state index contributed by atoms with van der Waals surface area (Å²) in [5.41, 5.74) is 1.63. The minimum atomic E-state index is -3.37. The van der Waals surface area contributed by atoms with Crippen molar-refractivity contribution in [2.24, 2.45) is 0 Å². The SMILES string of the molecule is O=C(c1cncs1)N1CCCN(S(=O)(=O)N2CCCC2)CC1. The van der Waals surface area contributed by atoms with Crippen LogP contribution in [-0.2, 0) is 10.2 Å². The van der Waals surface area contributed by atoms with Crippen molar-refractivity contribution in [2.75, 3.05) is 39.3 Å². The normalized spacial score (nSPS) is 21.9. The van der Waals surface area contributed by atoms with Crippen LogP contribution in [0.25, 0.3) is 0 Å². The topological polar surface area (TPSA) is 73.8 Å². The third kappa shape index (κ3) is 3.17. The van der Waals surface area contributed by atoms with E-state index in [2.05, 4.69) is 4.98 Å². The van der Waals surface area contributed by atoms with Gasteiger partial charge in [-0.15, -0.1) is 11.3 Å². The van der Waals surface area contributed by atoms with Crippen LogP contribution < -0.4 is 0 Å². The van der Waals surface area contributed by atoms with E-state index in [4.69, 9.17) is 0 Å². The second kappa shape index (κ2) is 6.61. The summed E-state index contributed by atoms with van der Waals surface area (Å²) in [7, 11) is -3.37. The van der Waals surface area contributed by atoms with Crippen molar-refractivity contribution in [1.29, 1.82) is 0 Å². The zero-order valence-corrected chi connectivity index (χ0v) is 14.0. The van der Waals surface area contributed by atoms with Gasteiger partial charge in [0.1, 0.15) is 4.88 Å². The second-order valence-electron chi connectivity index (χ2n) is 5.52. The first kappa shape index (κ1) is 15.9. The molecule has 0 aliphatic carbocycles.